The zero-order valence-corrected chi connectivity index (χ0v) is 16.9. The highest BCUT2D eigenvalue weighted by Gasteiger charge is 2.37. The Bertz CT molecular complexity index is 496. The lowest BCUT2D eigenvalue weighted by molar-refractivity contribution is -0.145. The SMILES string of the molecule is CCOC(=O)NC(CNC(=NC)N1CC(C)C(C(=O)OC)C1)CC(C)C. The Labute approximate surface area is 156 Å². The molecule has 0 aromatic carbocycles. The van der Waals surface area contributed by atoms with Gasteiger partial charge in [0.15, 0.2) is 5.96 Å². The molecule has 3 unspecified atom stereocenters. The van der Waals surface area contributed by atoms with Crippen LogP contribution >= 0.6 is 0 Å². The Balaban J connectivity index is 2.65. The van der Waals surface area contributed by atoms with Crippen LogP contribution in [0.4, 0.5) is 4.79 Å². The molecular formula is C18H34N4O4. The van der Waals surface area contributed by atoms with E-state index in [2.05, 4.69) is 34.4 Å². The Morgan fingerprint density at radius 2 is 2.00 bits per heavy atom. The smallest absolute Gasteiger partial charge is 0.407 e. The monoisotopic (exact) mass is 370 g/mol. The van der Waals surface area contributed by atoms with Crippen LogP contribution in [0.25, 0.3) is 0 Å². The van der Waals surface area contributed by atoms with Crippen LogP contribution in [0.2, 0.25) is 0 Å². The Kier molecular flexibility index (Phi) is 9.23. The lowest BCUT2D eigenvalue weighted by atomic mass is 9.99. The van der Waals surface area contributed by atoms with Crippen LogP contribution in [0.1, 0.15) is 34.1 Å². The van der Waals surface area contributed by atoms with Gasteiger partial charge < -0.3 is 25.0 Å². The van der Waals surface area contributed by atoms with Crippen molar-refractivity contribution < 1.29 is 19.1 Å². The number of guanidine groups is 1. The van der Waals surface area contributed by atoms with Gasteiger partial charge >= 0.3 is 12.1 Å². The van der Waals surface area contributed by atoms with E-state index in [-0.39, 0.29) is 23.8 Å². The number of rotatable bonds is 7. The summed E-state index contributed by atoms with van der Waals surface area (Å²) in [5, 5.41) is 6.21. The maximum Gasteiger partial charge on any atom is 0.407 e. The number of esters is 1. The van der Waals surface area contributed by atoms with E-state index in [9.17, 15) is 9.59 Å². The molecule has 0 aromatic rings. The molecule has 1 aliphatic rings. The first-order valence-corrected chi connectivity index (χ1v) is 9.28. The number of nitrogens with one attached hydrogen (secondary N) is 2. The third-order valence-electron chi connectivity index (χ3n) is 4.49. The first kappa shape index (κ1) is 22.1. The number of carbonyl (C=O) groups is 2. The third-order valence-corrected chi connectivity index (χ3v) is 4.49. The van der Waals surface area contributed by atoms with E-state index in [1.54, 1.807) is 14.0 Å². The minimum atomic E-state index is -0.407. The summed E-state index contributed by atoms with van der Waals surface area (Å²) in [5.74, 6) is 1.02. The molecule has 3 atom stereocenters. The topological polar surface area (TPSA) is 92.3 Å². The van der Waals surface area contributed by atoms with Crippen LogP contribution in [-0.2, 0) is 14.3 Å². The van der Waals surface area contributed by atoms with E-state index in [1.165, 1.54) is 7.11 Å². The van der Waals surface area contributed by atoms with Crippen molar-refractivity contribution in [2.75, 3.05) is 40.4 Å². The lowest BCUT2D eigenvalue weighted by Gasteiger charge is -2.25. The highest BCUT2D eigenvalue weighted by Crippen LogP contribution is 2.24. The van der Waals surface area contributed by atoms with Gasteiger partial charge in [-0.15, -0.1) is 0 Å². The maximum absolute atomic E-state index is 11.9. The number of alkyl carbamates (subject to hydrolysis) is 1. The summed E-state index contributed by atoms with van der Waals surface area (Å²) in [6, 6.07) is -0.0674. The van der Waals surface area contributed by atoms with Gasteiger partial charge in [0.25, 0.3) is 0 Å². The fourth-order valence-corrected chi connectivity index (χ4v) is 3.25. The van der Waals surface area contributed by atoms with Gasteiger partial charge in [0.1, 0.15) is 0 Å². The number of carbonyl (C=O) groups excluding carboxylic acids is 2. The van der Waals surface area contributed by atoms with Crippen molar-refractivity contribution in [1.29, 1.82) is 0 Å². The van der Waals surface area contributed by atoms with E-state index in [0.717, 1.165) is 18.9 Å². The Hall–Kier alpha value is -1.99. The number of ether oxygens (including phenoxy) is 2. The van der Waals surface area contributed by atoms with Crippen molar-refractivity contribution in [3.8, 4) is 0 Å². The van der Waals surface area contributed by atoms with E-state index >= 15 is 0 Å². The van der Waals surface area contributed by atoms with Gasteiger partial charge in [-0.25, -0.2) is 4.79 Å². The fraction of sp³-hybridized carbons (Fsp3) is 0.833. The van der Waals surface area contributed by atoms with Crippen molar-refractivity contribution in [3.05, 3.63) is 0 Å². The summed E-state index contributed by atoms with van der Waals surface area (Å²) in [7, 11) is 3.14. The molecule has 0 aromatic heterocycles. The first-order valence-electron chi connectivity index (χ1n) is 9.28. The first-order chi connectivity index (χ1) is 12.3. The van der Waals surface area contributed by atoms with Gasteiger partial charge in [0.05, 0.1) is 19.6 Å². The number of aliphatic imine (C=N–C) groups is 1. The second-order valence-corrected chi connectivity index (χ2v) is 7.13. The molecule has 1 saturated heterocycles. The molecule has 1 amide bonds. The maximum atomic E-state index is 11.9. The zero-order valence-electron chi connectivity index (χ0n) is 16.9. The Morgan fingerprint density at radius 1 is 1.31 bits per heavy atom. The quantitative estimate of drug-likeness (QED) is 0.400. The number of hydrogen-bond donors (Lipinski definition) is 2. The molecule has 2 N–H and O–H groups in total. The van der Waals surface area contributed by atoms with Gasteiger partial charge in [0.2, 0.25) is 0 Å². The summed E-state index contributed by atoms with van der Waals surface area (Å²) in [6.07, 6.45) is 0.416. The molecule has 0 saturated carbocycles. The predicted molar refractivity (Wildman–Crippen MR) is 101 cm³/mol. The highest BCUT2D eigenvalue weighted by molar-refractivity contribution is 5.82. The summed E-state index contributed by atoms with van der Waals surface area (Å²) in [4.78, 5) is 30.0. The molecule has 0 bridgehead atoms. The molecule has 150 valence electrons. The van der Waals surface area contributed by atoms with E-state index < -0.39 is 6.09 Å². The highest BCUT2D eigenvalue weighted by atomic mass is 16.5. The second kappa shape index (κ2) is 10.9. The molecule has 26 heavy (non-hydrogen) atoms. The fourth-order valence-electron chi connectivity index (χ4n) is 3.25. The van der Waals surface area contributed by atoms with Crippen molar-refractivity contribution in [2.24, 2.45) is 22.7 Å². The predicted octanol–water partition coefficient (Wildman–Crippen LogP) is 1.46. The van der Waals surface area contributed by atoms with Crippen LogP contribution in [0.15, 0.2) is 4.99 Å². The van der Waals surface area contributed by atoms with Crippen molar-refractivity contribution in [2.45, 2.75) is 40.2 Å². The molecule has 1 heterocycles. The zero-order chi connectivity index (χ0) is 19.7. The molecular weight excluding hydrogens is 336 g/mol. The molecule has 0 spiro atoms. The van der Waals surface area contributed by atoms with Crippen LogP contribution in [-0.4, -0.2) is 69.4 Å². The van der Waals surface area contributed by atoms with Crippen molar-refractivity contribution in [1.82, 2.24) is 15.5 Å². The average Bonchev–Trinajstić information content (AvgIpc) is 2.95. The van der Waals surface area contributed by atoms with Gasteiger partial charge in [-0.3, -0.25) is 9.79 Å². The van der Waals surface area contributed by atoms with Crippen LogP contribution < -0.4 is 10.6 Å². The standard InChI is InChI=1S/C18H34N4O4/c1-7-26-18(24)21-14(8-12(2)3)9-20-17(19-5)22-10-13(4)15(11-22)16(23)25-6/h12-15H,7-11H2,1-6H3,(H,19,20)(H,21,24). The van der Waals surface area contributed by atoms with E-state index in [1.807, 2.05) is 6.92 Å². The van der Waals surface area contributed by atoms with Crippen LogP contribution in [0.5, 0.6) is 0 Å². The summed E-state index contributed by atoms with van der Waals surface area (Å²) < 4.78 is 9.87. The van der Waals surface area contributed by atoms with E-state index in [4.69, 9.17) is 9.47 Å². The number of amides is 1. The Morgan fingerprint density at radius 3 is 2.54 bits per heavy atom. The molecule has 0 radical (unpaired) electrons. The third kappa shape index (κ3) is 6.72. The van der Waals surface area contributed by atoms with E-state index in [0.29, 0.717) is 25.6 Å². The molecule has 1 fully saturated rings. The van der Waals surface area contributed by atoms with Gasteiger partial charge in [-0.2, -0.15) is 0 Å². The average molecular weight is 370 g/mol. The van der Waals surface area contributed by atoms with Gasteiger partial charge in [-0.05, 0) is 25.2 Å². The minimum absolute atomic E-state index is 0.0674. The summed E-state index contributed by atoms with van der Waals surface area (Å²) in [6.45, 7) is 10.2. The minimum Gasteiger partial charge on any atom is -0.469 e. The van der Waals surface area contributed by atoms with Gasteiger partial charge in [0, 0.05) is 32.7 Å². The second-order valence-electron chi connectivity index (χ2n) is 7.13. The molecule has 0 aliphatic carbocycles. The number of hydrogen-bond acceptors (Lipinski definition) is 5. The number of methoxy groups -OCH3 is 1. The lowest BCUT2D eigenvalue weighted by Crippen LogP contribution is -2.48. The van der Waals surface area contributed by atoms with Crippen LogP contribution in [0, 0.1) is 17.8 Å². The molecule has 1 rings (SSSR count). The largest absolute Gasteiger partial charge is 0.469 e. The van der Waals surface area contributed by atoms with Crippen molar-refractivity contribution >= 4 is 18.0 Å². The van der Waals surface area contributed by atoms with Gasteiger partial charge in [-0.1, -0.05) is 20.8 Å². The normalized spacial score (nSPS) is 21.5. The number of nitrogens with zero attached hydrogens (tertiary/aromatic N) is 2. The van der Waals surface area contributed by atoms with Crippen molar-refractivity contribution in [3.63, 3.8) is 0 Å². The number of likely N-dealkylation sites (tertiary alicyclic amines) is 1. The summed E-state index contributed by atoms with van der Waals surface area (Å²) >= 11 is 0. The molecule has 1 aliphatic heterocycles. The van der Waals surface area contributed by atoms with Crippen LogP contribution in [0.3, 0.4) is 0 Å². The molecule has 8 nitrogen and oxygen atoms in total. The molecule has 8 heteroatoms. The summed E-state index contributed by atoms with van der Waals surface area (Å²) in [5.41, 5.74) is 0.